The van der Waals surface area contributed by atoms with Crippen LogP contribution in [0.3, 0.4) is 0 Å². The summed E-state index contributed by atoms with van der Waals surface area (Å²) in [5.74, 6) is -1.19. The molecule has 1 aliphatic rings. The molecule has 0 saturated heterocycles. The fourth-order valence-electron chi connectivity index (χ4n) is 2.02. The molecular formula is C12H15NO4S. The molecule has 2 rings (SSSR count). The Bertz CT molecular complexity index is 567. The van der Waals surface area contributed by atoms with Crippen molar-refractivity contribution in [3.05, 3.63) is 35.4 Å². The molecule has 1 aromatic carbocycles. The van der Waals surface area contributed by atoms with E-state index >= 15 is 0 Å². The van der Waals surface area contributed by atoms with Crippen molar-refractivity contribution in [3.8, 4) is 0 Å². The molecule has 5 nitrogen and oxygen atoms in total. The van der Waals surface area contributed by atoms with Gasteiger partial charge in [-0.3, -0.25) is 4.79 Å². The number of nitrogens with one attached hydrogen (secondary N) is 1. The molecule has 0 bridgehead atoms. The van der Waals surface area contributed by atoms with Crippen LogP contribution in [-0.4, -0.2) is 31.3 Å². The van der Waals surface area contributed by atoms with E-state index in [9.17, 15) is 13.2 Å². The number of rotatable bonds is 5. The minimum absolute atomic E-state index is 0.150. The van der Waals surface area contributed by atoms with Crippen LogP contribution in [0.25, 0.3) is 0 Å². The lowest BCUT2D eigenvalue weighted by Gasteiger charge is -2.30. The second-order valence-corrected chi connectivity index (χ2v) is 6.56. The normalized spacial score (nSPS) is 19.7. The molecule has 2 atom stereocenters. The second-order valence-electron chi connectivity index (χ2n) is 4.47. The highest BCUT2D eigenvalue weighted by Gasteiger charge is 2.31. The van der Waals surface area contributed by atoms with E-state index in [4.69, 9.17) is 5.11 Å². The Balaban J connectivity index is 1.97. The molecule has 0 aliphatic heterocycles. The fraction of sp³-hybridized carbons (Fsp3) is 0.417. The molecule has 0 amide bonds. The molecule has 0 radical (unpaired) electrons. The van der Waals surface area contributed by atoms with Gasteiger partial charge in [0.25, 0.3) is 0 Å². The van der Waals surface area contributed by atoms with Gasteiger partial charge in [0.2, 0.25) is 10.0 Å². The first-order valence-corrected chi connectivity index (χ1v) is 7.25. The maximum Gasteiger partial charge on any atom is 0.323 e. The molecule has 0 saturated carbocycles. The number of aliphatic carboxylic acids is 1. The summed E-state index contributed by atoms with van der Waals surface area (Å²) >= 11 is 0. The fourth-order valence-corrected chi connectivity index (χ4v) is 2.97. The van der Waals surface area contributed by atoms with Crippen molar-refractivity contribution in [1.29, 1.82) is 0 Å². The third kappa shape index (κ3) is 2.39. The molecule has 1 aromatic rings. The summed E-state index contributed by atoms with van der Waals surface area (Å²) in [6.45, 7) is 1.43. The smallest absolute Gasteiger partial charge is 0.323 e. The lowest BCUT2D eigenvalue weighted by atomic mass is 9.78. The number of hydrogen-bond donors (Lipinski definition) is 2. The number of carboxylic acid groups (broad SMARTS) is 1. The predicted octanol–water partition coefficient (Wildman–Crippen LogP) is 0.719. The molecular weight excluding hydrogens is 254 g/mol. The quantitative estimate of drug-likeness (QED) is 0.825. The van der Waals surface area contributed by atoms with Crippen molar-refractivity contribution in [2.75, 3.05) is 6.54 Å². The van der Waals surface area contributed by atoms with E-state index in [0.717, 1.165) is 12.0 Å². The van der Waals surface area contributed by atoms with E-state index in [1.807, 2.05) is 24.3 Å². The van der Waals surface area contributed by atoms with E-state index in [2.05, 4.69) is 4.72 Å². The highest BCUT2D eigenvalue weighted by atomic mass is 32.2. The molecule has 0 spiro atoms. The van der Waals surface area contributed by atoms with Gasteiger partial charge < -0.3 is 5.11 Å². The molecule has 6 heteroatoms. The van der Waals surface area contributed by atoms with E-state index in [1.54, 1.807) is 0 Å². The highest BCUT2D eigenvalue weighted by molar-refractivity contribution is 7.90. The molecule has 98 valence electrons. The maximum atomic E-state index is 11.6. The van der Waals surface area contributed by atoms with Gasteiger partial charge in [0.05, 0.1) is 0 Å². The van der Waals surface area contributed by atoms with Gasteiger partial charge in [-0.1, -0.05) is 24.3 Å². The Labute approximate surface area is 106 Å². The zero-order valence-corrected chi connectivity index (χ0v) is 10.8. The average Bonchev–Trinajstić information content (AvgIpc) is 2.29. The number of hydrogen-bond acceptors (Lipinski definition) is 3. The Kier molecular flexibility index (Phi) is 3.41. The van der Waals surface area contributed by atoms with Gasteiger partial charge in [0.1, 0.15) is 0 Å². The molecule has 2 N–H and O–H groups in total. The SMILES string of the molecule is CC(C(=O)O)S(=O)(=O)NCC1Cc2ccccc21. The van der Waals surface area contributed by atoms with E-state index in [0.29, 0.717) is 0 Å². The lowest BCUT2D eigenvalue weighted by Crippen LogP contribution is -2.40. The highest BCUT2D eigenvalue weighted by Crippen LogP contribution is 2.34. The van der Waals surface area contributed by atoms with Gasteiger partial charge in [-0.25, -0.2) is 13.1 Å². The van der Waals surface area contributed by atoms with E-state index in [-0.39, 0.29) is 12.5 Å². The second kappa shape index (κ2) is 4.70. The first kappa shape index (κ1) is 13.0. The zero-order chi connectivity index (χ0) is 13.3. The molecule has 18 heavy (non-hydrogen) atoms. The minimum Gasteiger partial charge on any atom is -0.480 e. The average molecular weight is 269 g/mol. The Morgan fingerprint density at radius 1 is 1.50 bits per heavy atom. The summed E-state index contributed by atoms with van der Waals surface area (Å²) in [6.07, 6.45) is 0.833. The monoisotopic (exact) mass is 269 g/mol. The summed E-state index contributed by atoms with van der Waals surface area (Å²) < 4.78 is 25.6. The van der Waals surface area contributed by atoms with Gasteiger partial charge in [0.15, 0.2) is 5.25 Å². The van der Waals surface area contributed by atoms with Crippen molar-refractivity contribution in [2.45, 2.75) is 24.5 Å². The molecule has 0 aromatic heterocycles. The minimum atomic E-state index is -3.78. The summed E-state index contributed by atoms with van der Waals surface area (Å²) in [6, 6.07) is 7.85. The molecule has 0 fully saturated rings. The summed E-state index contributed by atoms with van der Waals surface area (Å²) in [7, 11) is -3.78. The van der Waals surface area contributed by atoms with Crippen molar-refractivity contribution >= 4 is 16.0 Å². The largest absolute Gasteiger partial charge is 0.480 e. The predicted molar refractivity (Wildman–Crippen MR) is 66.9 cm³/mol. The summed E-state index contributed by atoms with van der Waals surface area (Å²) in [5.41, 5.74) is 2.37. The van der Waals surface area contributed by atoms with Crippen molar-refractivity contribution in [2.24, 2.45) is 0 Å². The zero-order valence-electron chi connectivity index (χ0n) is 9.96. The van der Waals surface area contributed by atoms with Crippen LogP contribution in [0.15, 0.2) is 24.3 Å². The first-order chi connectivity index (χ1) is 8.42. The van der Waals surface area contributed by atoms with Crippen LogP contribution in [0, 0.1) is 0 Å². The van der Waals surface area contributed by atoms with Crippen LogP contribution in [0.1, 0.15) is 24.0 Å². The van der Waals surface area contributed by atoms with Crippen molar-refractivity contribution in [3.63, 3.8) is 0 Å². The third-order valence-corrected chi connectivity index (χ3v) is 5.01. The third-order valence-electron chi connectivity index (χ3n) is 3.31. The van der Waals surface area contributed by atoms with Crippen molar-refractivity contribution in [1.82, 2.24) is 4.72 Å². The summed E-state index contributed by atoms with van der Waals surface area (Å²) in [5, 5.41) is 7.27. The van der Waals surface area contributed by atoms with Crippen LogP contribution in [0.4, 0.5) is 0 Å². The van der Waals surface area contributed by atoms with Crippen LogP contribution in [0.5, 0.6) is 0 Å². The number of fused-ring (bicyclic) bond motifs is 1. The molecule has 1 aliphatic carbocycles. The van der Waals surface area contributed by atoms with E-state index in [1.165, 1.54) is 12.5 Å². The Morgan fingerprint density at radius 3 is 2.78 bits per heavy atom. The van der Waals surface area contributed by atoms with Gasteiger partial charge in [-0.15, -0.1) is 0 Å². The Morgan fingerprint density at radius 2 is 2.17 bits per heavy atom. The van der Waals surface area contributed by atoms with Crippen LogP contribution < -0.4 is 4.72 Å². The lowest BCUT2D eigenvalue weighted by molar-refractivity contribution is -0.136. The first-order valence-electron chi connectivity index (χ1n) is 5.71. The van der Waals surface area contributed by atoms with E-state index < -0.39 is 21.2 Å². The van der Waals surface area contributed by atoms with Gasteiger partial charge in [0, 0.05) is 12.5 Å². The van der Waals surface area contributed by atoms with Crippen LogP contribution in [-0.2, 0) is 21.2 Å². The number of sulfonamides is 1. The van der Waals surface area contributed by atoms with Gasteiger partial charge >= 0.3 is 5.97 Å². The van der Waals surface area contributed by atoms with Crippen LogP contribution in [0.2, 0.25) is 0 Å². The number of carboxylic acids is 1. The molecule has 2 unspecified atom stereocenters. The Hall–Kier alpha value is -1.40. The standard InChI is InChI=1S/C12H15NO4S/c1-8(12(14)15)18(16,17)13-7-10-6-9-4-2-3-5-11(9)10/h2-5,8,10,13H,6-7H2,1H3,(H,14,15). The topological polar surface area (TPSA) is 83.5 Å². The van der Waals surface area contributed by atoms with Gasteiger partial charge in [-0.05, 0) is 24.5 Å². The summed E-state index contributed by atoms with van der Waals surface area (Å²) in [4.78, 5) is 10.7. The number of carbonyl (C=O) groups is 1. The number of benzene rings is 1. The maximum absolute atomic E-state index is 11.6. The van der Waals surface area contributed by atoms with Gasteiger partial charge in [-0.2, -0.15) is 0 Å². The molecule has 0 heterocycles. The van der Waals surface area contributed by atoms with Crippen LogP contribution >= 0.6 is 0 Å². The van der Waals surface area contributed by atoms with Crippen molar-refractivity contribution < 1.29 is 18.3 Å².